The van der Waals surface area contributed by atoms with E-state index in [1.54, 1.807) is 18.2 Å². The van der Waals surface area contributed by atoms with E-state index < -0.39 is 18.2 Å². The molecule has 1 fully saturated rings. The fraction of sp³-hybridized carbons (Fsp3) is 0.300. The Morgan fingerprint density at radius 2 is 1.92 bits per heavy atom. The van der Waals surface area contributed by atoms with Crippen LogP contribution < -0.4 is 5.73 Å². The van der Waals surface area contributed by atoms with Crippen LogP contribution in [0.3, 0.4) is 0 Å². The van der Waals surface area contributed by atoms with Gasteiger partial charge in [-0.3, -0.25) is 4.79 Å². The second kappa shape index (κ2) is 7.66. The second-order valence-corrected chi connectivity index (χ2v) is 6.56. The lowest BCUT2D eigenvalue weighted by molar-refractivity contribution is -0.131. The first kappa shape index (κ1) is 18.1. The molecule has 1 aliphatic rings. The summed E-state index contributed by atoms with van der Waals surface area (Å²) in [5.74, 6) is -1.19. The number of rotatable bonds is 5. The van der Waals surface area contributed by atoms with Crippen molar-refractivity contribution in [2.75, 3.05) is 13.1 Å². The zero-order valence-electron chi connectivity index (χ0n) is 14.3. The first-order valence-electron chi connectivity index (χ1n) is 8.55. The molecule has 3 N–H and O–H groups in total. The van der Waals surface area contributed by atoms with Crippen molar-refractivity contribution in [1.82, 2.24) is 4.90 Å². The van der Waals surface area contributed by atoms with Crippen molar-refractivity contribution in [2.24, 2.45) is 5.73 Å². The van der Waals surface area contributed by atoms with Gasteiger partial charge in [0.2, 0.25) is 5.91 Å². The van der Waals surface area contributed by atoms with E-state index in [4.69, 9.17) is 10.8 Å². The van der Waals surface area contributed by atoms with E-state index in [1.807, 2.05) is 30.3 Å². The lowest BCUT2D eigenvalue weighted by Gasteiger charge is -2.20. The predicted molar refractivity (Wildman–Crippen MR) is 96.6 cm³/mol. The third-order valence-corrected chi connectivity index (χ3v) is 4.61. The van der Waals surface area contributed by atoms with Gasteiger partial charge >= 0.3 is 5.97 Å². The van der Waals surface area contributed by atoms with Crippen LogP contribution >= 0.6 is 0 Å². The number of carboxylic acid groups (broad SMARTS) is 1. The third kappa shape index (κ3) is 4.08. The minimum atomic E-state index is -0.967. The summed E-state index contributed by atoms with van der Waals surface area (Å²) in [7, 11) is 0. The van der Waals surface area contributed by atoms with Crippen molar-refractivity contribution in [3.63, 3.8) is 0 Å². The highest BCUT2D eigenvalue weighted by atomic mass is 19.1. The van der Waals surface area contributed by atoms with Crippen LogP contribution in [-0.2, 0) is 11.2 Å². The number of nitrogens with two attached hydrogens (primary N) is 1. The number of aromatic carboxylic acids is 1. The molecule has 2 aromatic carbocycles. The van der Waals surface area contributed by atoms with Gasteiger partial charge in [0.1, 0.15) is 6.17 Å². The number of carbonyl (C=O) groups excluding carboxylic acids is 1. The number of nitrogens with zero attached hydrogens (tertiary/aromatic N) is 1. The number of likely N-dealkylation sites (tertiary alicyclic amines) is 1. The highest BCUT2D eigenvalue weighted by molar-refractivity contribution is 5.89. The molecule has 0 radical (unpaired) electrons. The van der Waals surface area contributed by atoms with Crippen LogP contribution in [0.25, 0.3) is 11.1 Å². The maximum atomic E-state index is 13.2. The first-order chi connectivity index (χ1) is 12.4. The average Bonchev–Trinajstić information content (AvgIpc) is 3.08. The highest BCUT2D eigenvalue weighted by Gasteiger charge is 2.29. The molecule has 1 amide bonds. The lowest BCUT2D eigenvalue weighted by atomic mass is 9.99. The molecule has 5 nitrogen and oxygen atoms in total. The first-order valence-corrected chi connectivity index (χ1v) is 8.55. The molecule has 136 valence electrons. The minimum Gasteiger partial charge on any atom is -0.478 e. The number of hydrogen-bond acceptors (Lipinski definition) is 3. The number of hydrogen-bond donors (Lipinski definition) is 2. The number of carbonyl (C=O) groups is 2. The van der Waals surface area contributed by atoms with Crippen LogP contribution in [0, 0.1) is 0 Å². The summed E-state index contributed by atoms with van der Waals surface area (Å²) in [6.07, 6.45) is -0.198. The van der Waals surface area contributed by atoms with Gasteiger partial charge in [-0.25, -0.2) is 9.18 Å². The summed E-state index contributed by atoms with van der Waals surface area (Å²) < 4.78 is 13.2. The van der Waals surface area contributed by atoms with Crippen LogP contribution in [0.4, 0.5) is 4.39 Å². The molecule has 0 spiro atoms. The Labute approximate surface area is 151 Å². The van der Waals surface area contributed by atoms with Crippen molar-refractivity contribution in [3.8, 4) is 11.1 Å². The van der Waals surface area contributed by atoms with Gasteiger partial charge in [0, 0.05) is 6.54 Å². The van der Waals surface area contributed by atoms with Crippen LogP contribution in [0.5, 0.6) is 0 Å². The van der Waals surface area contributed by atoms with Crippen molar-refractivity contribution in [1.29, 1.82) is 0 Å². The topological polar surface area (TPSA) is 83.6 Å². The minimum absolute atomic E-state index is 0.130. The van der Waals surface area contributed by atoms with Crippen LogP contribution in [0.1, 0.15) is 22.3 Å². The van der Waals surface area contributed by atoms with E-state index in [-0.39, 0.29) is 18.0 Å². The van der Waals surface area contributed by atoms with Gasteiger partial charge in [-0.05, 0) is 41.7 Å². The van der Waals surface area contributed by atoms with Gasteiger partial charge < -0.3 is 15.7 Å². The molecule has 0 bridgehead atoms. The molecular formula is C20H21FN2O3. The molecule has 0 aromatic heterocycles. The Morgan fingerprint density at radius 1 is 1.19 bits per heavy atom. The van der Waals surface area contributed by atoms with Gasteiger partial charge in [0.15, 0.2) is 0 Å². The number of carboxylic acids is 1. The number of alkyl halides is 1. The molecule has 1 unspecified atom stereocenters. The van der Waals surface area contributed by atoms with Crippen LogP contribution in [0.15, 0.2) is 48.5 Å². The molecule has 0 saturated carbocycles. The largest absolute Gasteiger partial charge is 0.478 e. The van der Waals surface area contributed by atoms with E-state index >= 15 is 0 Å². The molecule has 2 atom stereocenters. The molecular weight excluding hydrogens is 335 g/mol. The molecule has 26 heavy (non-hydrogen) atoms. The van der Waals surface area contributed by atoms with Crippen molar-refractivity contribution < 1.29 is 19.1 Å². The van der Waals surface area contributed by atoms with Crippen LogP contribution in [0.2, 0.25) is 0 Å². The predicted octanol–water partition coefficient (Wildman–Crippen LogP) is 2.49. The molecule has 2 aromatic rings. The number of amides is 1. The van der Waals surface area contributed by atoms with Gasteiger partial charge in [-0.1, -0.05) is 36.4 Å². The summed E-state index contributed by atoms with van der Waals surface area (Å²) in [6.45, 7) is 0.554. The van der Waals surface area contributed by atoms with Crippen LogP contribution in [-0.4, -0.2) is 47.2 Å². The summed E-state index contributed by atoms with van der Waals surface area (Å²) in [6, 6.07) is 13.5. The van der Waals surface area contributed by atoms with Crippen molar-refractivity contribution in [3.05, 3.63) is 59.7 Å². The SMILES string of the molecule is N[C@@H](Cc1ccc(-c2cccc(C(=O)O)c2)cc1)C(=O)N1CCC(F)C1. The second-order valence-electron chi connectivity index (χ2n) is 6.56. The fourth-order valence-electron chi connectivity index (χ4n) is 3.16. The molecule has 6 heteroatoms. The summed E-state index contributed by atoms with van der Waals surface area (Å²) in [4.78, 5) is 24.8. The van der Waals surface area contributed by atoms with Gasteiger partial charge in [0.05, 0.1) is 18.2 Å². The fourth-order valence-corrected chi connectivity index (χ4v) is 3.16. The van der Waals surface area contributed by atoms with E-state index in [2.05, 4.69) is 0 Å². The average molecular weight is 356 g/mol. The quantitative estimate of drug-likeness (QED) is 0.862. The number of benzene rings is 2. The molecule has 1 aliphatic heterocycles. The Morgan fingerprint density at radius 3 is 2.54 bits per heavy atom. The molecule has 1 saturated heterocycles. The van der Waals surface area contributed by atoms with E-state index in [1.165, 1.54) is 4.90 Å². The lowest BCUT2D eigenvalue weighted by Crippen LogP contribution is -2.44. The maximum absolute atomic E-state index is 13.2. The third-order valence-electron chi connectivity index (χ3n) is 4.61. The van der Waals surface area contributed by atoms with Crippen molar-refractivity contribution >= 4 is 11.9 Å². The highest BCUT2D eigenvalue weighted by Crippen LogP contribution is 2.22. The molecule has 3 rings (SSSR count). The molecule has 1 heterocycles. The van der Waals surface area contributed by atoms with E-state index in [0.29, 0.717) is 19.4 Å². The Kier molecular flexibility index (Phi) is 5.32. The smallest absolute Gasteiger partial charge is 0.335 e. The summed E-state index contributed by atoms with van der Waals surface area (Å²) >= 11 is 0. The zero-order chi connectivity index (χ0) is 18.7. The summed E-state index contributed by atoms with van der Waals surface area (Å²) in [5, 5.41) is 9.08. The Hall–Kier alpha value is -2.73. The van der Waals surface area contributed by atoms with Crippen molar-refractivity contribution in [2.45, 2.75) is 25.1 Å². The Bertz CT molecular complexity index is 807. The standard InChI is InChI=1S/C20H21FN2O3/c21-17-8-9-23(12-17)19(24)18(22)10-13-4-6-14(7-5-13)15-2-1-3-16(11-15)20(25)26/h1-7,11,17-18H,8-10,12,22H2,(H,25,26)/t17?,18-/m0/s1. The number of halogens is 1. The molecule has 0 aliphatic carbocycles. The van der Waals surface area contributed by atoms with Gasteiger partial charge in [-0.15, -0.1) is 0 Å². The monoisotopic (exact) mass is 356 g/mol. The van der Waals surface area contributed by atoms with E-state index in [0.717, 1.165) is 16.7 Å². The normalized spacial score (nSPS) is 17.9. The maximum Gasteiger partial charge on any atom is 0.335 e. The summed E-state index contributed by atoms with van der Waals surface area (Å²) in [5.41, 5.74) is 8.83. The zero-order valence-corrected chi connectivity index (χ0v) is 14.3. The van der Waals surface area contributed by atoms with E-state index in [9.17, 15) is 14.0 Å². The van der Waals surface area contributed by atoms with Gasteiger partial charge in [-0.2, -0.15) is 0 Å². The van der Waals surface area contributed by atoms with Gasteiger partial charge in [0.25, 0.3) is 0 Å². The Balaban J connectivity index is 1.67.